The van der Waals surface area contributed by atoms with Gasteiger partial charge in [0.15, 0.2) is 0 Å². The molecule has 7 heteroatoms. The van der Waals surface area contributed by atoms with Crippen LogP contribution >= 0.6 is 0 Å². The maximum absolute atomic E-state index is 12.6. The Balaban J connectivity index is 1.22. The second-order valence-electron chi connectivity index (χ2n) is 9.96. The highest BCUT2D eigenvalue weighted by molar-refractivity contribution is 5.92. The molecule has 0 atom stereocenters. The van der Waals surface area contributed by atoms with Gasteiger partial charge in [0.2, 0.25) is 11.8 Å². The van der Waals surface area contributed by atoms with Crippen molar-refractivity contribution in [1.29, 1.82) is 0 Å². The Labute approximate surface area is 206 Å². The van der Waals surface area contributed by atoms with Gasteiger partial charge in [-0.2, -0.15) is 0 Å². The van der Waals surface area contributed by atoms with E-state index in [0.29, 0.717) is 25.4 Å². The molecule has 0 unspecified atom stereocenters. The maximum atomic E-state index is 12.6. The van der Waals surface area contributed by atoms with E-state index in [1.807, 2.05) is 18.2 Å². The number of benzene rings is 2. The fraction of sp³-hybridized carbons (Fsp3) is 0.429. The molecular weight excluding hydrogens is 438 g/mol. The molecule has 2 aromatic carbocycles. The van der Waals surface area contributed by atoms with Crippen molar-refractivity contribution < 1.29 is 9.59 Å². The van der Waals surface area contributed by atoms with Gasteiger partial charge in [-0.1, -0.05) is 37.6 Å². The van der Waals surface area contributed by atoms with E-state index in [9.17, 15) is 9.59 Å². The van der Waals surface area contributed by atoms with Gasteiger partial charge in [-0.05, 0) is 67.0 Å². The van der Waals surface area contributed by atoms with Gasteiger partial charge >= 0.3 is 0 Å². The van der Waals surface area contributed by atoms with Gasteiger partial charge in [-0.3, -0.25) is 9.59 Å². The third-order valence-electron chi connectivity index (χ3n) is 6.82. The van der Waals surface area contributed by atoms with Crippen LogP contribution in [0.15, 0.2) is 48.8 Å². The van der Waals surface area contributed by atoms with Crippen LogP contribution in [-0.2, 0) is 16.1 Å². The summed E-state index contributed by atoms with van der Waals surface area (Å²) in [5.41, 5.74) is 3.79. The highest BCUT2D eigenvalue weighted by atomic mass is 16.2. The Morgan fingerprint density at radius 1 is 1.03 bits per heavy atom. The molecule has 0 spiro atoms. The van der Waals surface area contributed by atoms with E-state index in [1.165, 1.54) is 12.8 Å². The number of rotatable bonds is 11. The summed E-state index contributed by atoms with van der Waals surface area (Å²) in [5.74, 6) is 0.919. The molecule has 0 saturated heterocycles. The molecule has 3 aromatic rings. The number of carbonyl (C=O) groups is 2. The van der Waals surface area contributed by atoms with Crippen LogP contribution in [0.5, 0.6) is 0 Å². The van der Waals surface area contributed by atoms with E-state index in [2.05, 4.69) is 57.1 Å². The molecule has 2 aliphatic carbocycles. The van der Waals surface area contributed by atoms with Crippen molar-refractivity contribution in [3.05, 3.63) is 54.4 Å². The number of aromatic nitrogens is 2. The molecule has 2 saturated carbocycles. The van der Waals surface area contributed by atoms with E-state index < -0.39 is 0 Å². The van der Waals surface area contributed by atoms with Crippen LogP contribution in [0.2, 0.25) is 0 Å². The Morgan fingerprint density at radius 2 is 1.86 bits per heavy atom. The van der Waals surface area contributed by atoms with Gasteiger partial charge in [0, 0.05) is 36.4 Å². The molecular formula is C28H33N5O2. The summed E-state index contributed by atoms with van der Waals surface area (Å²) in [5, 5.41) is 10.6. The van der Waals surface area contributed by atoms with Crippen molar-refractivity contribution in [3.63, 3.8) is 0 Å². The van der Waals surface area contributed by atoms with Crippen molar-refractivity contribution in [3.8, 4) is 11.1 Å². The maximum Gasteiger partial charge on any atom is 0.222 e. The predicted molar refractivity (Wildman–Crippen MR) is 138 cm³/mol. The summed E-state index contributed by atoms with van der Waals surface area (Å²) >= 11 is 0. The van der Waals surface area contributed by atoms with E-state index in [4.69, 9.17) is 0 Å². The van der Waals surface area contributed by atoms with Crippen molar-refractivity contribution in [1.82, 2.24) is 20.6 Å². The standard InChI is InChI=1S/C28H33N5O2/c1-2-3-7-25(34)33-28(12-13-28)16-26(35)29-17-19-5-4-6-20(14-19)21-8-11-24-23(15-21)27(31-18-30-24)32-22-9-10-22/h4-6,8,11,14-15,18,22H,2-3,7,9-10,12-13,16-17H2,1H3,(H,29,35)(H,33,34)(H,30,31,32). The summed E-state index contributed by atoms with van der Waals surface area (Å²) in [7, 11) is 0. The molecule has 182 valence electrons. The lowest BCUT2D eigenvalue weighted by atomic mass is 10.0. The van der Waals surface area contributed by atoms with Gasteiger partial charge in [-0.15, -0.1) is 0 Å². The minimum atomic E-state index is -0.337. The van der Waals surface area contributed by atoms with Gasteiger partial charge < -0.3 is 16.0 Å². The SMILES string of the molecule is CCCCC(=O)NC1(CC(=O)NCc2cccc(-c3ccc4ncnc(NC5CC5)c4c3)c2)CC1. The first-order valence-electron chi connectivity index (χ1n) is 12.7. The average molecular weight is 472 g/mol. The number of carbonyl (C=O) groups excluding carboxylic acids is 2. The molecule has 3 N–H and O–H groups in total. The van der Waals surface area contributed by atoms with Crippen molar-refractivity contribution in [2.75, 3.05) is 5.32 Å². The number of hydrogen-bond donors (Lipinski definition) is 3. The first kappa shape index (κ1) is 23.3. The minimum Gasteiger partial charge on any atom is -0.367 e. The average Bonchev–Trinajstić information content (AvgIpc) is 3.80. The lowest BCUT2D eigenvalue weighted by molar-refractivity contribution is -0.124. The molecule has 1 heterocycles. The predicted octanol–water partition coefficient (Wildman–Crippen LogP) is 4.72. The highest BCUT2D eigenvalue weighted by Crippen LogP contribution is 2.39. The van der Waals surface area contributed by atoms with Gasteiger partial charge in [-0.25, -0.2) is 9.97 Å². The van der Waals surface area contributed by atoms with Crippen LogP contribution in [-0.4, -0.2) is 33.4 Å². The largest absolute Gasteiger partial charge is 0.367 e. The molecule has 2 aliphatic rings. The summed E-state index contributed by atoms with van der Waals surface area (Å²) in [4.78, 5) is 33.6. The molecule has 5 rings (SSSR count). The second kappa shape index (κ2) is 10.0. The summed E-state index contributed by atoms with van der Waals surface area (Å²) in [6.07, 6.45) is 8.47. The number of nitrogens with one attached hydrogen (secondary N) is 3. The number of unbranched alkanes of at least 4 members (excludes halogenated alkanes) is 1. The van der Waals surface area contributed by atoms with Crippen molar-refractivity contribution in [2.45, 2.75) is 76.4 Å². The van der Waals surface area contributed by atoms with Crippen LogP contribution in [0.25, 0.3) is 22.0 Å². The fourth-order valence-electron chi connectivity index (χ4n) is 4.40. The topological polar surface area (TPSA) is 96.0 Å². The van der Waals surface area contributed by atoms with Crippen molar-refractivity contribution in [2.24, 2.45) is 0 Å². The third-order valence-corrected chi connectivity index (χ3v) is 6.82. The molecule has 35 heavy (non-hydrogen) atoms. The smallest absolute Gasteiger partial charge is 0.222 e. The quantitative estimate of drug-likeness (QED) is 0.376. The zero-order valence-corrected chi connectivity index (χ0v) is 20.3. The van der Waals surface area contributed by atoms with E-state index in [1.54, 1.807) is 6.33 Å². The number of anilines is 1. The molecule has 7 nitrogen and oxygen atoms in total. The lowest BCUT2D eigenvalue weighted by Crippen LogP contribution is -2.40. The molecule has 2 fully saturated rings. The Hall–Kier alpha value is -3.48. The summed E-state index contributed by atoms with van der Waals surface area (Å²) < 4.78 is 0. The molecule has 0 aliphatic heterocycles. The zero-order valence-electron chi connectivity index (χ0n) is 20.3. The number of nitrogens with zero attached hydrogens (tertiary/aromatic N) is 2. The van der Waals surface area contributed by atoms with Crippen LogP contribution in [0.3, 0.4) is 0 Å². The Kier molecular flexibility index (Phi) is 6.66. The van der Waals surface area contributed by atoms with Gasteiger partial charge in [0.05, 0.1) is 5.52 Å². The van der Waals surface area contributed by atoms with Crippen molar-refractivity contribution >= 4 is 28.5 Å². The fourth-order valence-corrected chi connectivity index (χ4v) is 4.40. The number of fused-ring (bicyclic) bond motifs is 1. The van der Waals surface area contributed by atoms with Crippen LogP contribution < -0.4 is 16.0 Å². The lowest BCUT2D eigenvalue weighted by Gasteiger charge is -2.17. The first-order chi connectivity index (χ1) is 17.0. The van der Waals surface area contributed by atoms with Crippen LogP contribution in [0, 0.1) is 0 Å². The normalized spacial score (nSPS) is 16.0. The molecule has 0 radical (unpaired) electrons. The van der Waals surface area contributed by atoms with Gasteiger partial charge in [0.25, 0.3) is 0 Å². The number of hydrogen-bond acceptors (Lipinski definition) is 5. The number of amides is 2. The zero-order chi connectivity index (χ0) is 24.3. The van der Waals surface area contributed by atoms with E-state index in [0.717, 1.165) is 59.1 Å². The van der Waals surface area contributed by atoms with Crippen LogP contribution in [0.1, 0.15) is 63.9 Å². The highest BCUT2D eigenvalue weighted by Gasteiger charge is 2.45. The Morgan fingerprint density at radius 3 is 2.63 bits per heavy atom. The van der Waals surface area contributed by atoms with Crippen LogP contribution in [0.4, 0.5) is 5.82 Å². The summed E-state index contributed by atoms with van der Waals surface area (Å²) in [6.45, 7) is 2.53. The molecule has 1 aromatic heterocycles. The van der Waals surface area contributed by atoms with E-state index in [-0.39, 0.29) is 17.4 Å². The van der Waals surface area contributed by atoms with E-state index >= 15 is 0 Å². The Bertz CT molecular complexity index is 1230. The first-order valence-corrected chi connectivity index (χ1v) is 12.7. The van der Waals surface area contributed by atoms with Gasteiger partial charge in [0.1, 0.15) is 12.1 Å². The minimum absolute atomic E-state index is 0.0256. The second-order valence-corrected chi connectivity index (χ2v) is 9.96. The molecule has 2 amide bonds. The third kappa shape index (κ3) is 5.96. The summed E-state index contributed by atoms with van der Waals surface area (Å²) in [6, 6.07) is 15.0. The molecule has 0 bridgehead atoms. The monoisotopic (exact) mass is 471 g/mol.